The Morgan fingerprint density at radius 1 is 1.39 bits per heavy atom. The van der Waals surface area contributed by atoms with Crippen molar-refractivity contribution in [1.82, 2.24) is 15.3 Å². The molecular weight excluding hydrogens is 334 g/mol. The van der Waals surface area contributed by atoms with Crippen LogP contribution in [0.3, 0.4) is 0 Å². The highest BCUT2D eigenvalue weighted by Gasteiger charge is 2.26. The lowest BCUT2D eigenvalue weighted by Gasteiger charge is -2.05. The molecule has 2 rings (SSSR count). The molecule has 0 saturated carbocycles. The average Bonchev–Trinajstić information content (AvgIpc) is 2.58. The third-order valence-electron chi connectivity index (χ3n) is 2.17. The van der Waals surface area contributed by atoms with E-state index in [1.165, 1.54) is 0 Å². The minimum absolute atomic E-state index is 0.0122. The van der Waals surface area contributed by atoms with Crippen LogP contribution in [0.15, 0.2) is 16.6 Å². The molecule has 1 heterocycles. The molecule has 0 aliphatic rings. The molecule has 98 valence electrons. The fourth-order valence-electron chi connectivity index (χ4n) is 1.50. The first-order valence-electron chi connectivity index (χ1n) is 4.96. The van der Waals surface area contributed by atoms with Gasteiger partial charge < -0.3 is 10.3 Å². The van der Waals surface area contributed by atoms with Crippen LogP contribution in [0, 0.1) is 0 Å². The number of hydrogen-bond donors (Lipinski definition) is 2. The summed E-state index contributed by atoms with van der Waals surface area (Å²) in [7, 11) is 0. The summed E-state index contributed by atoms with van der Waals surface area (Å²) < 4.78 is 36.6. The summed E-state index contributed by atoms with van der Waals surface area (Å²) in [5, 5.41) is 2.79. The van der Waals surface area contributed by atoms with Gasteiger partial charge in [0.1, 0.15) is 11.3 Å². The molecule has 0 aliphatic heterocycles. The fourth-order valence-corrected chi connectivity index (χ4v) is 2.40. The predicted octanol–water partition coefficient (Wildman–Crippen LogP) is 3.63. The molecule has 0 radical (unpaired) electrons. The van der Waals surface area contributed by atoms with Crippen LogP contribution in [0.5, 0.6) is 0 Å². The van der Waals surface area contributed by atoms with Gasteiger partial charge in [0.05, 0.1) is 18.6 Å². The third kappa shape index (κ3) is 3.37. The minimum atomic E-state index is -4.23. The first-order valence-corrected chi connectivity index (χ1v) is 6.13. The standard InChI is InChI=1S/C10H8BrClF3N3/c11-6-1-5(12)2-7-9(6)18-8(17-7)3-16-4-10(13,14)15/h1-2,16H,3-4H2,(H,17,18). The topological polar surface area (TPSA) is 40.7 Å². The van der Waals surface area contributed by atoms with E-state index in [9.17, 15) is 13.2 Å². The number of benzene rings is 1. The van der Waals surface area contributed by atoms with Gasteiger partial charge in [0.25, 0.3) is 0 Å². The molecule has 2 aromatic rings. The second kappa shape index (κ2) is 5.07. The number of nitrogens with zero attached hydrogens (tertiary/aromatic N) is 1. The zero-order valence-electron chi connectivity index (χ0n) is 8.91. The summed E-state index contributed by atoms with van der Waals surface area (Å²) in [6.45, 7) is -1.04. The zero-order valence-corrected chi connectivity index (χ0v) is 11.2. The van der Waals surface area contributed by atoms with Gasteiger partial charge in [0.15, 0.2) is 0 Å². The number of alkyl halides is 3. The number of fused-ring (bicyclic) bond motifs is 1. The van der Waals surface area contributed by atoms with E-state index in [1.807, 2.05) is 0 Å². The number of H-pyrrole nitrogens is 1. The number of halogens is 5. The van der Waals surface area contributed by atoms with Crippen molar-refractivity contribution in [3.8, 4) is 0 Å². The second-order valence-corrected chi connectivity index (χ2v) is 4.98. The molecule has 0 amide bonds. The Morgan fingerprint density at radius 2 is 2.11 bits per heavy atom. The van der Waals surface area contributed by atoms with Gasteiger partial charge in [-0.15, -0.1) is 0 Å². The van der Waals surface area contributed by atoms with E-state index in [1.54, 1.807) is 12.1 Å². The van der Waals surface area contributed by atoms with E-state index in [0.717, 1.165) is 0 Å². The number of hydrogen-bond acceptors (Lipinski definition) is 2. The second-order valence-electron chi connectivity index (χ2n) is 3.69. The molecule has 0 spiro atoms. The van der Waals surface area contributed by atoms with Gasteiger partial charge in [-0.05, 0) is 28.1 Å². The molecule has 1 aromatic heterocycles. The van der Waals surface area contributed by atoms with Crippen LogP contribution in [0.4, 0.5) is 13.2 Å². The lowest BCUT2D eigenvalue weighted by Crippen LogP contribution is -2.28. The number of aromatic amines is 1. The molecular formula is C10H8BrClF3N3. The van der Waals surface area contributed by atoms with Crippen LogP contribution in [-0.2, 0) is 6.54 Å². The Bertz CT molecular complexity index is 567. The number of nitrogens with one attached hydrogen (secondary N) is 2. The minimum Gasteiger partial charge on any atom is -0.341 e. The lowest BCUT2D eigenvalue weighted by molar-refractivity contribution is -0.125. The molecule has 0 aliphatic carbocycles. The zero-order chi connectivity index (χ0) is 13.3. The number of rotatable bonds is 3. The normalized spacial score (nSPS) is 12.3. The fraction of sp³-hybridized carbons (Fsp3) is 0.300. The summed E-state index contributed by atoms with van der Waals surface area (Å²) in [5.41, 5.74) is 1.32. The summed E-state index contributed by atoms with van der Waals surface area (Å²) in [6.07, 6.45) is -4.23. The van der Waals surface area contributed by atoms with E-state index >= 15 is 0 Å². The molecule has 0 unspecified atom stereocenters. The monoisotopic (exact) mass is 341 g/mol. The molecule has 18 heavy (non-hydrogen) atoms. The molecule has 0 saturated heterocycles. The van der Waals surface area contributed by atoms with Crippen molar-refractivity contribution in [2.24, 2.45) is 0 Å². The number of aromatic nitrogens is 2. The molecule has 3 nitrogen and oxygen atoms in total. The van der Waals surface area contributed by atoms with Crippen molar-refractivity contribution in [2.75, 3.05) is 6.54 Å². The molecule has 2 N–H and O–H groups in total. The average molecular weight is 343 g/mol. The largest absolute Gasteiger partial charge is 0.401 e. The highest BCUT2D eigenvalue weighted by molar-refractivity contribution is 9.10. The van der Waals surface area contributed by atoms with Crippen molar-refractivity contribution in [1.29, 1.82) is 0 Å². The third-order valence-corrected chi connectivity index (χ3v) is 2.99. The quantitative estimate of drug-likeness (QED) is 0.894. The maximum atomic E-state index is 12.0. The molecule has 1 aromatic carbocycles. The van der Waals surface area contributed by atoms with Crippen LogP contribution in [-0.4, -0.2) is 22.7 Å². The van der Waals surface area contributed by atoms with Gasteiger partial charge in [0, 0.05) is 9.50 Å². The van der Waals surface area contributed by atoms with Crippen molar-refractivity contribution < 1.29 is 13.2 Å². The lowest BCUT2D eigenvalue weighted by atomic mass is 10.3. The van der Waals surface area contributed by atoms with Gasteiger partial charge in [0.2, 0.25) is 0 Å². The van der Waals surface area contributed by atoms with Crippen LogP contribution in [0.2, 0.25) is 5.02 Å². The summed E-state index contributed by atoms with van der Waals surface area (Å²) in [4.78, 5) is 7.09. The SMILES string of the molecule is FC(F)(F)CNCc1nc2c(Br)cc(Cl)cc2[nH]1. The summed E-state index contributed by atoms with van der Waals surface area (Å²) in [5.74, 6) is 0.428. The van der Waals surface area contributed by atoms with Crippen LogP contribution < -0.4 is 5.32 Å². The highest BCUT2D eigenvalue weighted by atomic mass is 79.9. The van der Waals surface area contributed by atoms with E-state index in [2.05, 4.69) is 31.2 Å². The van der Waals surface area contributed by atoms with Crippen LogP contribution in [0.1, 0.15) is 5.82 Å². The molecule has 0 atom stereocenters. The van der Waals surface area contributed by atoms with Crippen LogP contribution >= 0.6 is 27.5 Å². The Kier molecular flexibility index (Phi) is 3.84. The van der Waals surface area contributed by atoms with Gasteiger partial charge >= 0.3 is 6.18 Å². The Morgan fingerprint density at radius 3 is 2.78 bits per heavy atom. The first kappa shape index (κ1) is 13.6. The maximum Gasteiger partial charge on any atom is 0.401 e. The first-order chi connectivity index (χ1) is 8.35. The van der Waals surface area contributed by atoms with Gasteiger partial charge in [-0.2, -0.15) is 13.2 Å². The van der Waals surface area contributed by atoms with E-state index < -0.39 is 12.7 Å². The molecule has 0 bridgehead atoms. The molecule has 8 heteroatoms. The highest BCUT2D eigenvalue weighted by Crippen LogP contribution is 2.26. The summed E-state index contributed by atoms with van der Waals surface area (Å²) in [6, 6.07) is 3.35. The van der Waals surface area contributed by atoms with Crippen molar-refractivity contribution in [3.63, 3.8) is 0 Å². The number of imidazole rings is 1. The smallest absolute Gasteiger partial charge is 0.341 e. The van der Waals surface area contributed by atoms with Gasteiger partial charge in [-0.25, -0.2) is 4.98 Å². The van der Waals surface area contributed by atoms with E-state index in [-0.39, 0.29) is 6.54 Å². The van der Waals surface area contributed by atoms with E-state index in [4.69, 9.17) is 11.6 Å². The molecule has 0 fully saturated rings. The van der Waals surface area contributed by atoms with Crippen molar-refractivity contribution >= 4 is 38.6 Å². The predicted molar refractivity (Wildman–Crippen MR) is 66.6 cm³/mol. The van der Waals surface area contributed by atoms with Gasteiger partial charge in [-0.1, -0.05) is 11.6 Å². The Labute approximate surface area is 114 Å². The van der Waals surface area contributed by atoms with Crippen molar-refractivity contribution in [3.05, 3.63) is 27.5 Å². The maximum absolute atomic E-state index is 12.0. The summed E-state index contributed by atoms with van der Waals surface area (Å²) >= 11 is 9.15. The Hall–Kier alpha value is -0.790. The Balaban J connectivity index is 2.13. The van der Waals surface area contributed by atoms with Gasteiger partial charge in [-0.3, -0.25) is 0 Å². The van der Waals surface area contributed by atoms with Crippen LogP contribution in [0.25, 0.3) is 11.0 Å². The van der Waals surface area contributed by atoms with Crippen molar-refractivity contribution in [2.45, 2.75) is 12.7 Å². The van der Waals surface area contributed by atoms with E-state index in [0.29, 0.717) is 26.4 Å².